The second-order valence-corrected chi connectivity index (χ2v) is 6.79. The molecule has 2 aliphatic carbocycles. The van der Waals surface area contributed by atoms with Crippen molar-refractivity contribution in [3.05, 3.63) is 28.8 Å². The smallest absolute Gasteiger partial charge is 0.142 e. The van der Waals surface area contributed by atoms with Gasteiger partial charge in [0.2, 0.25) is 0 Å². The summed E-state index contributed by atoms with van der Waals surface area (Å²) in [5, 5.41) is 4.29. The third-order valence-electron chi connectivity index (χ3n) is 4.45. The zero-order chi connectivity index (χ0) is 13.9. The number of ether oxygens (including phenoxy) is 1. The molecule has 2 fully saturated rings. The first-order valence-corrected chi connectivity index (χ1v) is 8.27. The summed E-state index contributed by atoms with van der Waals surface area (Å²) >= 11 is 6.36. The monoisotopic (exact) mass is 293 g/mol. The molecule has 0 aromatic heterocycles. The maximum Gasteiger partial charge on any atom is 0.142 e. The quantitative estimate of drug-likeness (QED) is 0.860. The van der Waals surface area contributed by atoms with Crippen molar-refractivity contribution in [2.24, 2.45) is 5.92 Å². The van der Waals surface area contributed by atoms with Gasteiger partial charge in [0, 0.05) is 18.2 Å². The van der Waals surface area contributed by atoms with Gasteiger partial charge in [-0.25, -0.2) is 0 Å². The lowest BCUT2D eigenvalue weighted by Crippen LogP contribution is -2.24. The Labute approximate surface area is 126 Å². The molecule has 1 aromatic rings. The van der Waals surface area contributed by atoms with Crippen LogP contribution in [0.5, 0.6) is 5.75 Å². The van der Waals surface area contributed by atoms with Gasteiger partial charge < -0.3 is 10.1 Å². The van der Waals surface area contributed by atoms with Crippen LogP contribution in [0, 0.1) is 5.92 Å². The van der Waals surface area contributed by atoms with Gasteiger partial charge in [0.15, 0.2) is 0 Å². The van der Waals surface area contributed by atoms with E-state index in [9.17, 15) is 0 Å². The maximum absolute atomic E-state index is 6.36. The van der Waals surface area contributed by atoms with E-state index in [-0.39, 0.29) is 0 Å². The number of nitrogens with one attached hydrogen (secondary N) is 1. The standard InChI is InChI=1S/C17H24ClNO/c1-12-5-9-15(10-6-12)20-17-13(3-2-4-16(17)18)11-19-14-7-8-14/h2-4,12,14-15,19H,5-11H2,1H3. The van der Waals surface area contributed by atoms with Crippen molar-refractivity contribution >= 4 is 11.6 Å². The van der Waals surface area contributed by atoms with E-state index in [1.807, 2.05) is 12.1 Å². The SMILES string of the molecule is CC1CCC(Oc2c(Cl)cccc2CNC2CC2)CC1. The lowest BCUT2D eigenvalue weighted by molar-refractivity contribution is 0.134. The fourth-order valence-electron chi connectivity index (χ4n) is 2.88. The van der Waals surface area contributed by atoms with Gasteiger partial charge in [-0.3, -0.25) is 0 Å². The Kier molecular flexibility index (Phi) is 4.52. The second-order valence-electron chi connectivity index (χ2n) is 6.38. The molecule has 0 heterocycles. The fourth-order valence-corrected chi connectivity index (χ4v) is 3.12. The largest absolute Gasteiger partial charge is 0.489 e. The third kappa shape index (κ3) is 3.67. The van der Waals surface area contributed by atoms with Gasteiger partial charge in [-0.2, -0.15) is 0 Å². The zero-order valence-corrected chi connectivity index (χ0v) is 13.0. The Balaban J connectivity index is 1.66. The third-order valence-corrected chi connectivity index (χ3v) is 4.75. The summed E-state index contributed by atoms with van der Waals surface area (Å²) < 4.78 is 6.25. The molecule has 2 saturated carbocycles. The van der Waals surface area contributed by atoms with E-state index in [0.29, 0.717) is 12.1 Å². The van der Waals surface area contributed by atoms with Crippen molar-refractivity contribution in [1.82, 2.24) is 5.32 Å². The Morgan fingerprint density at radius 1 is 1.15 bits per heavy atom. The summed E-state index contributed by atoms with van der Waals surface area (Å²) in [5.74, 6) is 1.75. The van der Waals surface area contributed by atoms with Crippen molar-refractivity contribution < 1.29 is 4.74 Å². The highest BCUT2D eigenvalue weighted by molar-refractivity contribution is 6.32. The van der Waals surface area contributed by atoms with E-state index in [1.165, 1.54) is 31.2 Å². The predicted molar refractivity (Wildman–Crippen MR) is 83.4 cm³/mol. The molecule has 3 heteroatoms. The van der Waals surface area contributed by atoms with Crippen LogP contribution in [0.4, 0.5) is 0 Å². The lowest BCUT2D eigenvalue weighted by atomic mass is 9.89. The Bertz CT molecular complexity index is 450. The van der Waals surface area contributed by atoms with Gasteiger partial charge >= 0.3 is 0 Å². The average molecular weight is 294 g/mol. The van der Waals surface area contributed by atoms with Crippen LogP contribution in [0.2, 0.25) is 5.02 Å². The first-order chi connectivity index (χ1) is 9.72. The second kappa shape index (κ2) is 6.36. The highest BCUT2D eigenvalue weighted by Gasteiger charge is 2.23. The highest BCUT2D eigenvalue weighted by atomic mass is 35.5. The molecule has 0 bridgehead atoms. The van der Waals surface area contributed by atoms with Gasteiger partial charge in [0.1, 0.15) is 5.75 Å². The number of para-hydroxylation sites is 1. The van der Waals surface area contributed by atoms with Crippen molar-refractivity contribution in [3.8, 4) is 5.75 Å². The molecule has 1 N–H and O–H groups in total. The van der Waals surface area contributed by atoms with E-state index in [0.717, 1.165) is 36.1 Å². The van der Waals surface area contributed by atoms with Crippen molar-refractivity contribution in [1.29, 1.82) is 0 Å². The van der Waals surface area contributed by atoms with Crippen LogP contribution in [0.1, 0.15) is 51.0 Å². The van der Waals surface area contributed by atoms with Crippen LogP contribution in [0.15, 0.2) is 18.2 Å². The minimum atomic E-state index is 0.339. The Morgan fingerprint density at radius 2 is 1.90 bits per heavy atom. The van der Waals surface area contributed by atoms with E-state index in [2.05, 4.69) is 18.3 Å². The van der Waals surface area contributed by atoms with Crippen LogP contribution < -0.4 is 10.1 Å². The summed E-state index contributed by atoms with van der Waals surface area (Å²) in [5.41, 5.74) is 1.20. The summed E-state index contributed by atoms with van der Waals surface area (Å²) in [6, 6.07) is 6.78. The van der Waals surface area contributed by atoms with Gasteiger partial charge in [-0.05, 0) is 50.5 Å². The molecule has 2 nitrogen and oxygen atoms in total. The molecule has 3 rings (SSSR count). The first kappa shape index (κ1) is 14.2. The summed E-state index contributed by atoms with van der Waals surface area (Å²) in [6.07, 6.45) is 7.79. The van der Waals surface area contributed by atoms with Gasteiger partial charge in [0.25, 0.3) is 0 Å². The van der Waals surface area contributed by atoms with E-state index in [4.69, 9.17) is 16.3 Å². The molecule has 0 unspecified atom stereocenters. The highest BCUT2D eigenvalue weighted by Crippen LogP contribution is 2.34. The molecular formula is C17H24ClNO. The average Bonchev–Trinajstić information content (AvgIpc) is 3.26. The minimum absolute atomic E-state index is 0.339. The molecule has 0 spiro atoms. The Morgan fingerprint density at radius 3 is 2.60 bits per heavy atom. The minimum Gasteiger partial charge on any atom is -0.489 e. The van der Waals surface area contributed by atoms with Crippen LogP contribution >= 0.6 is 11.6 Å². The molecule has 0 aliphatic heterocycles. The van der Waals surface area contributed by atoms with Crippen LogP contribution in [0.3, 0.4) is 0 Å². The van der Waals surface area contributed by atoms with Gasteiger partial charge in [-0.15, -0.1) is 0 Å². The molecule has 0 radical (unpaired) electrons. The molecule has 0 saturated heterocycles. The first-order valence-electron chi connectivity index (χ1n) is 7.90. The van der Waals surface area contributed by atoms with Gasteiger partial charge in [0.05, 0.1) is 11.1 Å². The van der Waals surface area contributed by atoms with Crippen molar-refractivity contribution in [2.45, 2.75) is 64.1 Å². The van der Waals surface area contributed by atoms with Crippen LogP contribution in [-0.4, -0.2) is 12.1 Å². The molecule has 20 heavy (non-hydrogen) atoms. The predicted octanol–water partition coefficient (Wildman–Crippen LogP) is 4.55. The number of halogens is 1. The zero-order valence-electron chi connectivity index (χ0n) is 12.2. The number of rotatable bonds is 5. The number of hydrogen-bond donors (Lipinski definition) is 1. The van der Waals surface area contributed by atoms with Gasteiger partial charge in [-0.1, -0.05) is 30.7 Å². The van der Waals surface area contributed by atoms with Crippen LogP contribution in [0.25, 0.3) is 0 Å². The van der Waals surface area contributed by atoms with Crippen molar-refractivity contribution in [3.63, 3.8) is 0 Å². The lowest BCUT2D eigenvalue weighted by Gasteiger charge is -2.28. The topological polar surface area (TPSA) is 21.3 Å². The molecule has 110 valence electrons. The number of benzene rings is 1. The number of hydrogen-bond acceptors (Lipinski definition) is 2. The maximum atomic E-state index is 6.36. The van der Waals surface area contributed by atoms with E-state index in [1.54, 1.807) is 0 Å². The Hall–Kier alpha value is -0.730. The molecule has 0 atom stereocenters. The molecule has 1 aromatic carbocycles. The fraction of sp³-hybridized carbons (Fsp3) is 0.647. The molecule has 2 aliphatic rings. The van der Waals surface area contributed by atoms with Crippen molar-refractivity contribution in [2.75, 3.05) is 0 Å². The summed E-state index contributed by atoms with van der Waals surface area (Å²) in [7, 11) is 0. The normalized spacial score (nSPS) is 26.5. The molecular weight excluding hydrogens is 270 g/mol. The van der Waals surface area contributed by atoms with E-state index >= 15 is 0 Å². The summed E-state index contributed by atoms with van der Waals surface area (Å²) in [4.78, 5) is 0. The van der Waals surface area contributed by atoms with Crippen LogP contribution in [-0.2, 0) is 6.54 Å². The summed E-state index contributed by atoms with van der Waals surface area (Å²) in [6.45, 7) is 3.19. The van der Waals surface area contributed by atoms with E-state index < -0.39 is 0 Å². The molecule has 0 amide bonds.